The third kappa shape index (κ3) is 2.42. The molecule has 0 radical (unpaired) electrons. The van der Waals surface area contributed by atoms with E-state index in [1.165, 1.54) is 6.92 Å². The highest BCUT2D eigenvalue weighted by Gasteiger charge is 2.12. The van der Waals surface area contributed by atoms with E-state index in [0.717, 1.165) is 12.1 Å². The molecule has 0 aromatic heterocycles. The second kappa shape index (κ2) is 4.04. The number of halogens is 2. The second-order valence-corrected chi connectivity index (χ2v) is 2.83. The van der Waals surface area contributed by atoms with Crippen molar-refractivity contribution in [2.24, 2.45) is 0 Å². The third-order valence-corrected chi connectivity index (χ3v) is 1.67. The first kappa shape index (κ1) is 10.4. The fourth-order valence-corrected chi connectivity index (χ4v) is 0.902. The summed E-state index contributed by atoms with van der Waals surface area (Å²) < 4.78 is 25.4. The van der Waals surface area contributed by atoms with Gasteiger partial charge in [-0.05, 0) is 19.1 Å². The number of carboxylic acids is 1. The monoisotopic (exact) mass is 201 g/mol. The predicted molar refractivity (Wildman–Crippen MR) is 47.1 cm³/mol. The van der Waals surface area contributed by atoms with Crippen LogP contribution in [-0.4, -0.2) is 17.1 Å². The van der Waals surface area contributed by atoms with E-state index in [0.29, 0.717) is 6.07 Å². The van der Waals surface area contributed by atoms with Gasteiger partial charge in [0, 0.05) is 6.07 Å². The average molecular weight is 201 g/mol. The minimum Gasteiger partial charge on any atom is -0.480 e. The van der Waals surface area contributed by atoms with Crippen LogP contribution in [0, 0.1) is 11.6 Å². The van der Waals surface area contributed by atoms with Crippen LogP contribution in [0.5, 0.6) is 0 Å². The van der Waals surface area contributed by atoms with Crippen molar-refractivity contribution in [1.29, 1.82) is 0 Å². The van der Waals surface area contributed by atoms with Gasteiger partial charge in [0.2, 0.25) is 0 Å². The molecular weight excluding hydrogens is 192 g/mol. The lowest BCUT2D eigenvalue weighted by Gasteiger charge is -2.11. The van der Waals surface area contributed by atoms with Gasteiger partial charge in [0.25, 0.3) is 0 Å². The van der Waals surface area contributed by atoms with Crippen molar-refractivity contribution >= 4 is 11.7 Å². The lowest BCUT2D eigenvalue weighted by molar-refractivity contribution is -0.137. The lowest BCUT2D eigenvalue weighted by atomic mass is 10.2. The van der Waals surface area contributed by atoms with Gasteiger partial charge in [0.15, 0.2) is 0 Å². The zero-order valence-corrected chi connectivity index (χ0v) is 7.42. The number of aliphatic carboxylic acids is 1. The molecule has 0 saturated carbocycles. The van der Waals surface area contributed by atoms with E-state index in [1.54, 1.807) is 0 Å². The molecule has 76 valence electrons. The van der Waals surface area contributed by atoms with E-state index >= 15 is 0 Å². The summed E-state index contributed by atoms with van der Waals surface area (Å²) in [7, 11) is 0. The van der Waals surface area contributed by atoms with Crippen molar-refractivity contribution in [3.8, 4) is 0 Å². The first-order chi connectivity index (χ1) is 6.50. The summed E-state index contributed by atoms with van der Waals surface area (Å²) in [6.07, 6.45) is 0. The molecule has 0 aliphatic heterocycles. The number of hydrogen-bond donors (Lipinski definition) is 2. The predicted octanol–water partition coefficient (Wildman–Crippen LogP) is 1.85. The molecule has 14 heavy (non-hydrogen) atoms. The molecule has 1 atom stereocenters. The van der Waals surface area contributed by atoms with Crippen LogP contribution in [0.3, 0.4) is 0 Å². The Hall–Kier alpha value is -1.65. The standard InChI is InChI=1S/C9H9F2NO2/c1-5(9(13)14)12-8-3-2-6(10)4-7(8)11/h2-5,12H,1H3,(H,13,14). The zero-order valence-electron chi connectivity index (χ0n) is 7.42. The van der Waals surface area contributed by atoms with Crippen LogP contribution >= 0.6 is 0 Å². The Morgan fingerprint density at radius 1 is 1.50 bits per heavy atom. The van der Waals surface area contributed by atoms with E-state index in [-0.39, 0.29) is 5.69 Å². The largest absolute Gasteiger partial charge is 0.480 e. The van der Waals surface area contributed by atoms with Gasteiger partial charge in [0.05, 0.1) is 5.69 Å². The Kier molecular flexibility index (Phi) is 3.01. The second-order valence-electron chi connectivity index (χ2n) is 2.83. The Morgan fingerprint density at radius 3 is 2.64 bits per heavy atom. The van der Waals surface area contributed by atoms with Crippen molar-refractivity contribution in [1.82, 2.24) is 0 Å². The lowest BCUT2D eigenvalue weighted by Crippen LogP contribution is -2.25. The summed E-state index contributed by atoms with van der Waals surface area (Å²) >= 11 is 0. The minimum atomic E-state index is -1.10. The molecule has 5 heteroatoms. The van der Waals surface area contributed by atoms with Gasteiger partial charge in [-0.25, -0.2) is 8.78 Å². The van der Waals surface area contributed by atoms with Crippen molar-refractivity contribution in [2.45, 2.75) is 13.0 Å². The van der Waals surface area contributed by atoms with Crippen LogP contribution in [0.15, 0.2) is 18.2 Å². The van der Waals surface area contributed by atoms with E-state index < -0.39 is 23.6 Å². The highest BCUT2D eigenvalue weighted by Crippen LogP contribution is 2.15. The molecule has 1 aromatic rings. The van der Waals surface area contributed by atoms with Crippen molar-refractivity contribution < 1.29 is 18.7 Å². The highest BCUT2D eigenvalue weighted by atomic mass is 19.1. The quantitative estimate of drug-likeness (QED) is 0.784. The summed E-state index contributed by atoms with van der Waals surface area (Å²) in [6.45, 7) is 1.37. The van der Waals surface area contributed by atoms with Gasteiger partial charge in [0.1, 0.15) is 17.7 Å². The van der Waals surface area contributed by atoms with Gasteiger partial charge in [-0.3, -0.25) is 4.79 Å². The Morgan fingerprint density at radius 2 is 2.14 bits per heavy atom. The zero-order chi connectivity index (χ0) is 10.7. The topological polar surface area (TPSA) is 49.3 Å². The Balaban J connectivity index is 2.82. The molecule has 0 spiro atoms. The smallest absolute Gasteiger partial charge is 0.325 e. The van der Waals surface area contributed by atoms with Crippen LogP contribution in [0.1, 0.15) is 6.92 Å². The molecule has 1 aromatic carbocycles. The van der Waals surface area contributed by atoms with E-state index in [1.807, 2.05) is 0 Å². The first-order valence-corrected chi connectivity index (χ1v) is 3.95. The number of rotatable bonds is 3. The molecule has 0 bridgehead atoms. The summed E-state index contributed by atoms with van der Waals surface area (Å²) in [5.74, 6) is -2.61. The maximum Gasteiger partial charge on any atom is 0.325 e. The van der Waals surface area contributed by atoms with E-state index in [2.05, 4.69) is 5.32 Å². The number of anilines is 1. The number of benzene rings is 1. The molecule has 0 heterocycles. The van der Waals surface area contributed by atoms with Gasteiger partial charge in [-0.1, -0.05) is 0 Å². The number of carboxylic acid groups (broad SMARTS) is 1. The van der Waals surface area contributed by atoms with Crippen molar-refractivity contribution in [3.63, 3.8) is 0 Å². The fraction of sp³-hybridized carbons (Fsp3) is 0.222. The maximum absolute atomic E-state index is 13.0. The number of carbonyl (C=O) groups is 1. The molecule has 0 aliphatic carbocycles. The van der Waals surface area contributed by atoms with Crippen molar-refractivity contribution in [3.05, 3.63) is 29.8 Å². The summed E-state index contributed by atoms with van der Waals surface area (Å²) in [6, 6.07) is 1.98. The average Bonchev–Trinajstić information content (AvgIpc) is 2.09. The molecule has 0 fully saturated rings. The molecule has 2 N–H and O–H groups in total. The van der Waals surface area contributed by atoms with Crippen LogP contribution in [-0.2, 0) is 4.79 Å². The van der Waals surface area contributed by atoms with Crippen LogP contribution < -0.4 is 5.32 Å². The number of nitrogens with one attached hydrogen (secondary N) is 1. The third-order valence-electron chi connectivity index (χ3n) is 1.67. The summed E-state index contributed by atoms with van der Waals surface area (Å²) in [4.78, 5) is 10.4. The van der Waals surface area contributed by atoms with Gasteiger partial charge in [-0.2, -0.15) is 0 Å². The normalized spacial score (nSPS) is 12.2. The molecule has 1 rings (SSSR count). The summed E-state index contributed by atoms with van der Waals surface area (Å²) in [5.41, 5.74) is -0.0266. The molecule has 1 unspecified atom stereocenters. The van der Waals surface area contributed by atoms with Crippen LogP contribution in [0.2, 0.25) is 0 Å². The minimum absolute atomic E-state index is 0.0266. The SMILES string of the molecule is CC(Nc1ccc(F)cc1F)C(=O)O. The molecular formula is C9H9F2NO2. The Labute approximate surface area is 79.4 Å². The fourth-order valence-electron chi connectivity index (χ4n) is 0.902. The first-order valence-electron chi connectivity index (χ1n) is 3.95. The van der Waals surface area contributed by atoms with Crippen molar-refractivity contribution in [2.75, 3.05) is 5.32 Å². The van der Waals surface area contributed by atoms with Crippen LogP contribution in [0.4, 0.5) is 14.5 Å². The van der Waals surface area contributed by atoms with Crippen LogP contribution in [0.25, 0.3) is 0 Å². The molecule has 0 amide bonds. The van der Waals surface area contributed by atoms with Gasteiger partial charge in [-0.15, -0.1) is 0 Å². The summed E-state index contributed by atoms with van der Waals surface area (Å²) in [5, 5.41) is 10.9. The molecule has 0 aliphatic rings. The van der Waals surface area contributed by atoms with E-state index in [4.69, 9.17) is 5.11 Å². The molecule has 0 saturated heterocycles. The van der Waals surface area contributed by atoms with Gasteiger partial charge < -0.3 is 10.4 Å². The highest BCUT2D eigenvalue weighted by molar-refractivity contribution is 5.76. The van der Waals surface area contributed by atoms with E-state index in [9.17, 15) is 13.6 Å². The maximum atomic E-state index is 13.0. The number of hydrogen-bond acceptors (Lipinski definition) is 2. The Bertz CT molecular complexity index is 355. The van der Waals surface area contributed by atoms with Gasteiger partial charge >= 0.3 is 5.97 Å². The molecule has 3 nitrogen and oxygen atoms in total.